The van der Waals surface area contributed by atoms with Crippen molar-refractivity contribution in [3.8, 4) is 40.0 Å². The summed E-state index contributed by atoms with van der Waals surface area (Å²) in [7, 11) is 4.68. The summed E-state index contributed by atoms with van der Waals surface area (Å²) >= 11 is 1.44. The highest BCUT2D eigenvalue weighted by molar-refractivity contribution is 7.07. The Bertz CT molecular complexity index is 1390. The average Bonchev–Trinajstić information content (AvgIpc) is 3.29. The van der Waals surface area contributed by atoms with Gasteiger partial charge in [-0.3, -0.25) is 4.99 Å². The van der Waals surface area contributed by atoms with Crippen molar-refractivity contribution in [3.05, 3.63) is 82.0 Å². The molecule has 180 valence electrons. The summed E-state index contributed by atoms with van der Waals surface area (Å²) in [5.74, 6) is 1.42. The third kappa shape index (κ3) is 5.30. The Morgan fingerprint density at radius 2 is 1.63 bits per heavy atom. The number of hydrogen-bond donors (Lipinski definition) is 2. The maximum absolute atomic E-state index is 10.2. The quantitative estimate of drug-likeness (QED) is 0.350. The van der Waals surface area contributed by atoms with Crippen LogP contribution in [0.25, 0.3) is 11.3 Å². The van der Waals surface area contributed by atoms with Crippen LogP contribution in [0.5, 0.6) is 28.7 Å². The Morgan fingerprint density at radius 3 is 2.26 bits per heavy atom. The van der Waals surface area contributed by atoms with E-state index in [1.165, 1.54) is 29.7 Å². The number of phenols is 2. The first-order valence-corrected chi connectivity index (χ1v) is 11.5. The molecule has 0 bridgehead atoms. The van der Waals surface area contributed by atoms with Crippen LogP contribution in [0.1, 0.15) is 11.1 Å². The molecule has 1 heterocycles. The Kier molecular flexibility index (Phi) is 7.37. The van der Waals surface area contributed by atoms with Crippen molar-refractivity contribution in [1.82, 2.24) is 4.68 Å². The van der Waals surface area contributed by atoms with Crippen molar-refractivity contribution in [1.29, 1.82) is 0 Å². The monoisotopic (exact) mass is 491 g/mol. The Balaban J connectivity index is 1.85. The van der Waals surface area contributed by atoms with Crippen LogP contribution in [0.4, 0.5) is 0 Å². The van der Waals surface area contributed by atoms with Gasteiger partial charge in [-0.15, -0.1) is 11.3 Å². The summed E-state index contributed by atoms with van der Waals surface area (Å²) in [6.45, 7) is 0.482. The van der Waals surface area contributed by atoms with E-state index in [0.29, 0.717) is 34.2 Å². The molecular formula is C26H25N3O5S. The summed E-state index contributed by atoms with van der Waals surface area (Å²) in [6.07, 6.45) is 1.52. The second-order valence-electron chi connectivity index (χ2n) is 7.42. The number of aromatic hydroxyl groups is 2. The van der Waals surface area contributed by atoms with Crippen LogP contribution in [-0.4, -0.2) is 42.4 Å². The summed E-state index contributed by atoms with van der Waals surface area (Å²) in [5.41, 5.74) is 3.05. The second-order valence-corrected chi connectivity index (χ2v) is 8.26. The van der Waals surface area contributed by atoms with E-state index in [-0.39, 0.29) is 11.5 Å². The lowest BCUT2D eigenvalue weighted by Gasteiger charge is -2.14. The molecule has 3 aromatic carbocycles. The summed E-state index contributed by atoms with van der Waals surface area (Å²) in [5, 5.41) is 26.3. The van der Waals surface area contributed by atoms with Crippen LogP contribution in [-0.2, 0) is 6.54 Å². The Labute approximate surface area is 206 Å². The van der Waals surface area contributed by atoms with Gasteiger partial charge in [0.15, 0.2) is 11.5 Å². The largest absolute Gasteiger partial charge is 0.508 e. The standard InChI is InChI=1S/C26H25N3O5S/c1-32-23-11-19(12-24(33-2)25(23)34-3)21-16-35-26(27-14-17-7-5-4-6-8-17)29(21)28-15-18-9-10-20(30)13-22(18)31/h4-13,15-16,30-31H,14H2,1-3H3. The fraction of sp³-hybridized carbons (Fsp3) is 0.154. The van der Waals surface area contributed by atoms with Crippen molar-refractivity contribution in [2.75, 3.05) is 21.3 Å². The number of ether oxygens (including phenoxy) is 3. The van der Waals surface area contributed by atoms with Crippen molar-refractivity contribution < 1.29 is 24.4 Å². The van der Waals surface area contributed by atoms with Gasteiger partial charge in [0.25, 0.3) is 0 Å². The second kappa shape index (κ2) is 10.8. The number of phenolic OH excluding ortho intramolecular Hbond substituents is 2. The first kappa shape index (κ1) is 23.9. The SMILES string of the molecule is COc1cc(-c2csc(=NCc3ccccc3)n2N=Cc2ccc(O)cc2O)cc(OC)c1OC. The van der Waals surface area contributed by atoms with E-state index in [0.717, 1.165) is 16.8 Å². The molecule has 0 amide bonds. The Hall–Kier alpha value is -4.24. The first-order valence-electron chi connectivity index (χ1n) is 10.7. The molecule has 0 saturated heterocycles. The molecule has 0 fully saturated rings. The number of rotatable bonds is 8. The highest BCUT2D eigenvalue weighted by atomic mass is 32.1. The molecule has 0 aliphatic carbocycles. The third-order valence-corrected chi connectivity index (χ3v) is 6.07. The predicted molar refractivity (Wildman–Crippen MR) is 136 cm³/mol. The lowest BCUT2D eigenvalue weighted by Crippen LogP contribution is -2.12. The third-order valence-electron chi connectivity index (χ3n) is 5.21. The minimum atomic E-state index is -0.0818. The molecule has 1 aromatic heterocycles. The molecule has 0 unspecified atom stereocenters. The smallest absolute Gasteiger partial charge is 0.206 e. The zero-order valence-corrected chi connectivity index (χ0v) is 20.3. The van der Waals surface area contributed by atoms with Crippen LogP contribution in [0.3, 0.4) is 0 Å². The van der Waals surface area contributed by atoms with Gasteiger partial charge in [-0.2, -0.15) is 5.10 Å². The molecule has 0 radical (unpaired) electrons. The molecule has 0 spiro atoms. The van der Waals surface area contributed by atoms with Crippen molar-refractivity contribution in [2.45, 2.75) is 6.54 Å². The molecule has 8 nitrogen and oxygen atoms in total. The summed E-state index contributed by atoms with van der Waals surface area (Å²) < 4.78 is 18.2. The van der Waals surface area contributed by atoms with E-state index < -0.39 is 0 Å². The highest BCUT2D eigenvalue weighted by Gasteiger charge is 2.17. The first-order chi connectivity index (χ1) is 17.0. The molecular weight excluding hydrogens is 466 g/mol. The number of hydrogen-bond acceptors (Lipinski definition) is 8. The molecule has 35 heavy (non-hydrogen) atoms. The zero-order valence-electron chi connectivity index (χ0n) is 19.5. The van der Waals surface area contributed by atoms with E-state index in [2.05, 4.69) is 5.10 Å². The minimum Gasteiger partial charge on any atom is -0.508 e. The molecule has 2 N–H and O–H groups in total. The van der Waals surface area contributed by atoms with Gasteiger partial charge in [0, 0.05) is 22.6 Å². The lowest BCUT2D eigenvalue weighted by atomic mass is 10.1. The number of methoxy groups -OCH3 is 3. The Morgan fingerprint density at radius 1 is 0.914 bits per heavy atom. The molecule has 4 aromatic rings. The van der Waals surface area contributed by atoms with E-state index in [1.54, 1.807) is 32.1 Å². The van der Waals surface area contributed by atoms with Gasteiger partial charge < -0.3 is 24.4 Å². The van der Waals surface area contributed by atoms with Gasteiger partial charge in [-0.05, 0) is 29.8 Å². The summed E-state index contributed by atoms with van der Waals surface area (Å²) in [4.78, 5) is 5.43. The van der Waals surface area contributed by atoms with Crippen LogP contribution < -0.4 is 19.0 Å². The molecule has 9 heteroatoms. The van der Waals surface area contributed by atoms with Gasteiger partial charge in [-0.25, -0.2) is 4.68 Å². The van der Waals surface area contributed by atoms with Crippen molar-refractivity contribution in [2.24, 2.45) is 10.1 Å². The van der Waals surface area contributed by atoms with Crippen molar-refractivity contribution >= 4 is 17.6 Å². The number of nitrogens with zero attached hydrogens (tertiary/aromatic N) is 3. The molecule has 0 saturated carbocycles. The number of aromatic nitrogens is 1. The maximum Gasteiger partial charge on any atom is 0.206 e. The molecule has 0 atom stereocenters. The topological polar surface area (TPSA) is 97.8 Å². The summed E-state index contributed by atoms with van der Waals surface area (Å²) in [6, 6.07) is 18.0. The average molecular weight is 492 g/mol. The number of benzene rings is 3. The van der Waals surface area contributed by atoms with Gasteiger partial charge in [0.2, 0.25) is 10.6 Å². The van der Waals surface area contributed by atoms with E-state index in [9.17, 15) is 10.2 Å². The van der Waals surface area contributed by atoms with E-state index in [4.69, 9.17) is 19.2 Å². The molecule has 4 rings (SSSR count). The fourth-order valence-electron chi connectivity index (χ4n) is 3.45. The van der Waals surface area contributed by atoms with Crippen LogP contribution in [0, 0.1) is 0 Å². The van der Waals surface area contributed by atoms with Crippen LogP contribution in [0.15, 0.2) is 76.1 Å². The van der Waals surface area contributed by atoms with Crippen molar-refractivity contribution in [3.63, 3.8) is 0 Å². The normalized spacial score (nSPS) is 11.7. The van der Waals surface area contributed by atoms with Crippen LogP contribution in [0.2, 0.25) is 0 Å². The predicted octanol–water partition coefficient (Wildman–Crippen LogP) is 4.64. The van der Waals surface area contributed by atoms with Crippen LogP contribution >= 0.6 is 11.3 Å². The maximum atomic E-state index is 10.2. The van der Waals surface area contributed by atoms with Gasteiger partial charge in [0.05, 0.1) is 39.8 Å². The van der Waals surface area contributed by atoms with Gasteiger partial charge in [-0.1, -0.05) is 30.3 Å². The van der Waals surface area contributed by atoms with E-state index in [1.807, 2.05) is 47.8 Å². The minimum absolute atomic E-state index is 0.0282. The lowest BCUT2D eigenvalue weighted by molar-refractivity contribution is 0.324. The zero-order chi connectivity index (χ0) is 24.8. The highest BCUT2D eigenvalue weighted by Crippen LogP contribution is 2.41. The van der Waals surface area contributed by atoms with E-state index >= 15 is 0 Å². The fourth-order valence-corrected chi connectivity index (χ4v) is 4.29. The number of thiazole rings is 1. The van der Waals surface area contributed by atoms with Gasteiger partial charge in [0.1, 0.15) is 11.5 Å². The molecule has 0 aliphatic heterocycles. The molecule has 0 aliphatic rings. The van der Waals surface area contributed by atoms with Gasteiger partial charge >= 0.3 is 0 Å².